The van der Waals surface area contributed by atoms with E-state index < -0.39 is 0 Å². The van der Waals surface area contributed by atoms with Crippen molar-refractivity contribution in [1.82, 2.24) is 5.32 Å². The second-order valence-electron chi connectivity index (χ2n) is 6.38. The van der Waals surface area contributed by atoms with Crippen molar-refractivity contribution in [3.05, 3.63) is 106 Å². The van der Waals surface area contributed by atoms with E-state index in [4.69, 9.17) is 0 Å². The molecule has 23 heavy (non-hydrogen) atoms. The Morgan fingerprint density at radius 2 is 0.957 bits per heavy atom. The molecule has 1 heterocycles. The van der Waals surface area contributed by atoms with Gasteiger partial charge in [-0.2, -0.15) is 0 Å². The van der Waals surface area contributed by atoms with Crippen LogP contribution in [0.3, 0.4) is 0 Å². The van der Waals surface area contributed by atoms with Crippen molar-refractivity contribution in [2.24, 2.45) is 0 Å². The van der Waals surface area contributed by atoms with Crippen molar-refractivity contribution in [3.8, 4) is 0 Å². The van der Waals surface area contributed by atoms with E-state index in [2.05, 4.69) is 92.0 Å². The van der Waals surface area contributed by atoms with Gasteiger partial charge in [0.25, 0.3) is 0 Å². The van der Waals surface area contributed by atoms with Crippen LogP contribution in [0.1, 0.15) is 45.5 Å². The van der Waals surface area contributed by atoms with Crippen LogP contribution in [0, 0.1) is 13.8 Å². The van der Waals surface area contributed by atoms with Crippen LogP contribution < -0.4 is 5.32 Å². The monoisotopic (exact) mass is 299 g/mol. The van der Waals surface area contributed by atoms with Gasteiger partial charge in [-0.05, 0) is 47.2 Å². The molecule has 0 amide bonds. The number of benzene rings is 3. The molecule has 1 nitrogen and oxygen atoms in total. The molecule has 2 atom stereocenters. The van der Waals surface area contributed by atoms with Crippen molar-refractivity contribution in [2.75, 3.05) is 0 Å². The van der Waals surface area contributed by atoms with Crippen LogP contribution in [-0.2, 0) is 0 Å². The number of aryl methyl sites for hydroxylation is 2. The summed E-state index contributed by atoms with van der Waals surface area (Å²) in [6.45, 7) is 4.45. The Hall–Kier alpha value is -2.38. The number of rotatable bonds is 2. The van der Waals surface area contributed by atoms with Crippen molar-refractivity contribution in [3.63, 3.8) is 0 Å². The van der Waals surface area contributed by atoms with Crippen LogP contribution in [0.25, 0.3) is 0 Å². The highest BCUT2D eigenvalue weighted by molar-refractivity contribution is 5.54. The van der Waals surface area contributed by atoms with Gasteiger partial charge in [-0.1, -0.05) is 72.8 Å². The minimum absolute atomic E-state index is 0.260. The van der Waals surface area contributed by atoms with Crippen molar-refractivity contribution < 1.29 is 0 Å². The summed E-state index contributed by atoms with van der Waals surface area (Å²) < 4.78 is 0. The van der Waals surface area contributed by atoms with Crippen molar-refractivity contribution in [1.29, 1.82) is 0 Å². The van der Waals surface area contributed by atoms with Gasteiger partial charge in [-0.25, -0.2) is 0 Å². The van der Waals surface area contributed by atoms with E-state index in [0.717, 1.165) is 0 Å². The zero-order valence-corrected chi connectivity index (χ0v) is 13.6. The zero-order chi connectivity index (χ0) is 15.8. The Balaban J connectivity index is 1.90. The van der Waals surface area contributed by atoms with Crippen LogP contribution in [0.2, 0.25) is 0 Å². The standard InChI is InChI=1S/C22H21N/c1-15-13-14-16(2)20-19(15)21(17-9-5-3-6-10-17)23-22(20)18-11-7-4-8-12-18/h3-14,21-23H,1-2H3/t21-,22+. The predicted octanol–water partition coefficient (Wildman–Crippen LogP) is 5.09. The smallest absolute Gasteiger partial charge is 0.0590 e. The molecule has 1 N–H and O–H groups in total. The average Bonchev–Trinajstić information content (AvgIpc) is 3.02. The summed E-state index contributed by atoms with van der Waals surface area (Å²) in [5.41, 5.74) is 8.30. The van der Waals surface area contributed by atoms with Crippen LogP contribution in [0.5, 0.6) is 0 Å². The summed E-state index contributed by atoms with van der Waals surface area (Å²) >= 11 is 0. The van der Waals surface area contributed by atoms with Crippen LogP contribution in [-0.4, -0.2) is 0 Å². The maximum atomic E-state index is 3.87. The Bertz CT molecular complexity index is 751. The highest BCUT2D eigenvalue weighted by Crippen LogP contribution is 2.43. The fraction of sp³-hybridized carbons (Fsp3) is 0.182. The highest BCUT2D eigenvalue weighted by Gasteiger charge is 2.34. The minimum atomic E-state index is 0.260. The molecule has 0 radical (unpaired) electrons. The molecule has 1 heteroatoms. The van der Waals surface area contributed by atoms with Gasteiger partial charge in [0.05, 0.1) is 12.1 Å². The number of nitrogens with one attached hydrogen (secondary N) is 1. The van der Waals surface area contributed by atoms with E-state index in [9.17, 15) is 0 Å². The predicted molar refractivity (Wildman–Crippen MR) is 95.6 cm³/mol. The van der Waals surface area contributed by atoms with Crippen molar-refractivity contribution >= 4 is 0 Å². The summed E-state index contributed by atoms with van der Waals surface area (Å²) in [6, 6.07) is 26.5. The molecule has 114 valence electrons. The van der Waals surface area contributed by atoms with Gasteiger partial charge in [-0.3, -0.25) is 5.32 Å². The van der Waals surface area contributed by atoms with Gasteiger partial charge in [0.15, 0.2) is 0 Å². The van der Waals surface area contributed by atoms with Gasteiger partial charge in [-0.15, -0.1) is 0 Å². The lowest BCUT2D eigenvalue weighted by Gasteiger charge is -2.16. The first kappa shape index (κ1) is 14.2. The first-order chi connectivity index (χ1) is 11.3. The van der Waals surface area contributed by atoms with Crippen molar-refractivity contribution in [2.45, 2.75) is 25.9 Å². The molecule has 0 saturated carbocycles. The van der Waals surface area contributed by atoms with E-state index in [0.29, 0.717) is 0 Å². The van der Waals surface area contributed by atoms with Gasteiger partial charge >= 0.3 is 0 Å². The molecule has 3 aromatic carbocycles. The molecule has 0 saturated heterocycles. The molecule has 4 rings (SSSR count). The largest absolute Gasteiger partial charge is 0.295 e. The molecule has 3 aromatic rings. The van der Waals surface area contributed by atoms with Crippen LogP contribution >= 0.6 is 0 Å². The topological polar surface area (TPSA) is 12.0 Å². The molecule has 0 aliphatic carbocycles. The summed E-state index contributed by atoms with van der Waals surface area (Å²) in [6.07, 6.45) is 0. The second kappa shape index (κ2) is 5.68. The Labute approximate surface area is 138 Å². The summed E-state index contributed by atoms with van der Waals surface area (Å²) in [7, 11) is 0. The highest BCUT2D eigenvalue weighted by atomic mass is 15.0. The first-order valence-corrected chi connectivity index (χ1v) is 8.21. The molecule has 0 bridgehead atoms. The van der Waals surface area contributed by atoms with Crippen LogP contribution in [0.4, 0.5) is 0 Å². The van der Waals surface area contributed by atoms with E-state index in [-0.39, 0.29) is 12.1 Å². The number of hydrogen-bond acceptors (Lipinski definition) is 1. The maximum absolute atomic E-state index is 3.87. The summed E-state index contributed by atoms with van der Waals surface area (Å²) in [5, 5.41) is 3.87. The lowest BCUT2D eigenvalue weighted by atomic mass is 9.89. The first-order valence-electron chi connectivity index (χ1n) is 8.21. The molecular formula is C22H21N. The van der Waals surface area contributed by atoms with Gasteiger partial charge < -0.3 is 0 Å². The Morgan fingerprint density at radius 3 is 1.35 bits per heavy atom. The quantitative estimate of drug-likeness (QED) is 0.695. The molecule has 0 aromatic heterocycles. The minimum Gasteiger partial charge on any atom is -0.295 e. The van der Waals surface area contributed by atoms with Gasteiger partial charge in [0.1, 0.15) is 0 Å². The lowest BCUT2D eigenvalue weighted by molar-refractivity contribution is 0.599. The third kappa shape index (κ3) is 2.38. The number of fused-ring (bicyclic) bond motifs is 1. The van der Waals surface area contributed by atoms with E-state index >= 15 is 0 Å². The van der Waals surface area contributed by atoms with Gasteiger partial charge in [0.2, 0.25) is 0 Å². The third-order valence-electron chi connectivity index (χ3n) is 4.90. The second-order valence-corrected chi connectivity index (χ2v) is 6.38. The Morgan fingerprint density at radius 1 is 0.565 bits per heavy atom. The van der Waals surface area contributed by atoms with Gasteiger partial charge in [0, 0.05) is 0 Å². The fourth-order valence-corrected chi connectivity index (χ4v) is 3.77. The molecule has 1 aliphatic heterocycles. The van der Waals surface area contributed by atoms with E-state index in [1.807, 2.05) is 0 Å². The Kier molecular flexibility index (Phi) is 3.51. The van der Waals surface area contributed by atoms with Crippen LogP contribution in [0.15, 0.2) is 72.8 Å². The fourth-order valence-electron chi connectivity index (χ4n) is 3.77. The third-order valence-corrected chi connectivity index (χ3v) is 4.90. The lowest BCUT2D eigenvalue weighted by Crippen LogP contribution is -2.19. The summed E-state index contributed by atoms with van der Waals surface area (Å²) in [4.78, 5) is 0. The maximum Gasteiger partial charge on any atom is 0.0590 e. The molecule has 0 unspecified atom stereocenters. The average molecular weight is 299 g/mol. The molecule has 0 fully saturated rings. The molecular weight excluding hydrogens is 278 g/mol. The molecule has 1 aliphatic rings. The normalized spacial score (nSPS) is 19.6. The van der Waals surface area contributed by atoms with E-state index in [1.165, 1.54) is 33.4 Å². The zero-order valence-electron chi connectivity index (χ0n) is 13.6. The summed E-state index contributed by atoms with van der Waals surface area (Å²) in [5.74, 6) is 0. The molecule has 0 spiro atoms. The van der Waals surface area contributed by atoms with E-state index in [1.54, 1.807) is 0 Å². The number of hydrogen-bond donors (Lipinski definition) is 1. The SMILES string of the molecule is Cc1ccc(C)c2c1[C@@H](c1ccccc1)N[C@H]2c1ccccc1.